The highest BCUT2D eigenvalue weighted by molar-refractivity contribution is 7.99. The molecule has 0 spiro atoms. The monoisotopic (exact) mass is 774 g/mol. The molecule has 0 fully saturated rings. The molecule has 0 amide bonds. The van der Waals surface area contributed by atoms with Crippen molar-refractivity contribution in [1.29, 1.82) is 10.5 Å². The third-order valence-corrected chi connectivity index (χ3v) is 12.2. The van der Waals surface area contributed by atoms with Crippen LogP contribution in [-0.4, -0.2) is 14.2 Å². The van der Waals surface area contributed by atoms with E-state index in [0.717, 1.165) is 111 Å². The molecule has 0 aromatic heterocycles. The Labute approximate surface area is 342 Å². The first-order valence-corrected chi connectivity index (χ1v) is 19.7. The van der Waals surface area contributed by atoms with Crippen LogP contribution in [0.2, 0.25) is 0 Å². The molecule has 7 aromatic carbocycles. The molecule has 0 N–H and O–H groups in total. The number of nitriles is 2. The van der Waals surface area contributed by atoms with Crippen molar-refractivity contribution in [3.05, 3.63) is 155 Å². The Hall–Kier alpha value is -7.13. The predicted molar refractivity (Wildman–Crippen MR) is 232 cm³/mol. The quantitative estimate of drug-likeness (QED) is 0.165. The molecule has 58 heavy (non-hydrogen) atoms. The molecule has 0 unspecified atom stereocenters. The maximum atomic E-state index is 10.3. The van der Waals surface area contributed by atoms with Gasteiger partial charge in [-0.1, -0.05) is 48.2 Å². The summed E-state index contributed by atoms with van der Waals surface area (Å²) in [5.74, 6) is 2.92. The van der Waals surface area contributed by atoms with Gasteiger partial charge < -0.3 is 24.0 Å². The molecule has 7 nitrogen and oxygen atoms in total. The van der Waals surface area contributed by atoms with Crippen molar-refractivity contribution < 1.29 is 14.2 Å². The van der Waals surface area contributed by atoms with Gasteiger partial charge >= 0.3 is 0 Å². The van der Waals surface area contributed by atoms with Crippen LogP contribution in [0.1, 0.15) is 33.4 Å². The van der Waals surface area contributed by atoms with E-state index in [1.165, 1.54) is 0 Å². The number of ether oxygens (including phenoxy) is 3. The fourth-order valence-electron chi connectivity index (χ4n) is 8.04. The maximum absolute atomic E-state index is 10.3. The minimum Gasteiger partial charge on any atom is -0.497 e. The van der Waals surface area contributed by atoms with Gasteiger partial charge in [0.2, 0.25) is 0 Å². The van der Waals surface area contributed by atoms with E-state index in [4.69, 9.17) is 14.2 Å². The van der Waals surface area contributed by atoms with Gasteiger partial charge in [-0.05, 0) is 134 Å². The van der Waals surface area contributed by atoms with Crippen molar-refractivity contribution in [3.63, 3.8) is 0 Å². The van der Waals surface area contributed by atoms with E-state index in [9.17, 15) is 10.5 Å². The molecular weight excluding hydrogens is 737 g/mol. The zero-order valence-electron chi connectivity index (χ0n) is 33.0. The van der Waals surface area contributed by atoms with E-state index in [1.807, 2.05) is 62.4 Å². The maximum Gasteiger partial charge on any atom is 0.151 e. The van der Waals surface area contributed by atoms with Gasteiger partial charge in [-0.3, -0.25) is 0 Å². The SMILES string of the molecule is COc1ccc2c(c1)N(c1cc(-c3cccc(C#N)c3C)c(N3c4cc(C)ccc4Oc4ccc(C)cc43)cc1-c1cccc(C#N)c1C)c1cc(OC)ccc1S2. The molecule has 0 aliphatic carbocycles. The van der Waals surface area contributed by atoms with Crippen LogP contribution in [0.5, 0.6) is 23.0 Å². The molecule has 7 aromatic rings. The average molecular weight is 775 g/mol. The standard InChI is InChI=1S/C50H38N4O3S/c1-29-13-17-47-43(21-29)53(44-22-30(2)14-18-48(44)57-47)41-25-40(38-12-8-10-34(28-52)32(38)4)42(26-39(41)37-11-7-9-33(27-51)31(37)3)54-45-23-35(55-5)15-19-49(45)58-50-20-16-36(56-6)24-46(50)54/h7-26H,1-6H3. The van der Waals surface area contributed by atoms with Crippen molar-refractivity contribution in [2.75, 3.05) is 24.0 Å². The van der Waals surface area contributed by atoms with Gasteiger partial charge in [0.1, 0.15) is 11.5 Å². The van der Waals surface area contributed by atoms with Crippen LogP contribution in [-0.2, 0) is 0 Å². The molecule has 0 saturated carbocycles. The second-order valence-corrected chi connectivity index (χ2v) is 15.6. The molecular formula is C50H38N4O3S. The average Bonchev–Trinajstić information content (AvgIpc) is 3.24. The fraction of sp³-hybridized carbons (Fsp3) is 0.120. The second kappa shape index (κ2) is 14.4. The summed E-state index contributed by atoms with van der Waals surface area (Å²) < 4.78 is 18.3. The summed E-state index contributed by atoms with van der Waals surface area (Å²) >= 11 is 1.70. The van der Waals surface area contributed by atoms with Gasteiger partial charge in [0.25, 0.3) is 0 Å². The van der Waals surface area contributed by atoms with Crippen molar-refractivity contribution >= 4 is 45.9 Å². The summed E-state index contributed by atoms with van der Waals surface area (Å²) in [7, 11) is 3.36. The Bertz CT molecular complexity index is 2820. The van der Waals surface area contributed by atoms with Crippen molar-refractivity contribution in [2.24, 2.45) is 0 Å². The lowest BCUT2D eigenvalue weighted by Crippen LogP contribution is -2.19. The van der Waals surface area contributed by atoms with Gasteiger partial charge in [0.05, 0.1) is 71.6 Å². The number of hydrogen-bond acceptors (Lipinski definition) is 8. The Morgan fingerprint density at radius 2 is 0.931 bits per heavy atom. The van der Waals surface area contributed by atoms with Crippen LogP contribution in [0, 0.1) is 50.4 Å². The first-order chi connectivity index (χ1) is 28.2. The van der Waals surface area contributed by atoms with Crippen molar-refractivity contribution in [1.82, 2.24) is 0 Å². The normalized spacial score (nSPS) is 12.3. The highest BCUT2D eigenvalue weighted by Crippen LogP contribution is 2.59. The zero-order valence-corrected chi connectivity index (χ0v) is 33.8. The molecule has 2 aliphatic rings. The lowest BCUT2D eigenvalue weighted by Gasteiger charge is -2.38. The number of rotatable bonds is 6. The predicted octanol–water partition coefficient (Wildman–Crippen LogP) is 13.5. The second-order valence-electron chi connectivity index (χ2n) is 14.6. The number of fused-ring (bicyclic) bond motifs is 4. The molecule has 282 valence electrons. The Morgan fingerprint density at radius 1 is 0.483 bits per heavy atom. The van der Waals surface area contributed by atoms with Gasteiger partial charge in [0, 0.05) is 33.1 Å². The third-order valence-electron chi connectivity index (χ3n) is 11.0. The highest BCUT2D eigenvalue weighted by atomic mass is 32.2. The lowest BCUT2D eigenvalue weighted by atomic mass is 9.88. The molecule has 0 bridgehead atoms. The highest BCUT2D eigenvalue weighted by Gasteiger charge is 2.33. The molecule has 9 rings (SSSR count). The van der Waals surface area contributed by atoms with Crippen LogP contribution in [0.15, 0.2) is 131 Å². The summed E-state index contributed by atoms with van der Waals surface area (Å²) in [6.07, 6.45) is 0. The van der Waals surface area contributed by atoms with E-state index in [0.29, 0.717) is 11.1 Å². The topological polar surface area (TPSA) is 81.8 Å². The zero-order chi connectivity index (χ0) is 40.2. The number of anilines is 6. The van der Waals surface area contributed by atoms with Gasteiger partial charge in [0.15, 0.2) is 11.5 Å². The number of benzene rings is 7. The van der Waals surface area contributed by atoms with E-state index in [1.54, 1.807) is 26.0 Å². The largest absolute Gasteiger partial charge is 0.497 e. The van der Waals surface area contributed by atoms with E-state index >= 15 is 0 Å². The number of nitrogens with zero attached hydrogens (tertiary/aromatic N) is 4. The van der Waals surface area contributed by atoms with E-state index in [2.05, 4.69) is 109 Å². The number of aryl methyl sites for hydroxylation is 2. The van der Waals surface area contributed by atoms with E-state index in [-0.39, 0.29) is 0 Å². The summed E-state index contributed by atoms with van der Waals surface area (Å²) in [5.41, 5.74) is 14.2. The van der Waals surface area contributed by atoms with E-state index < -0.39 is 0 Å². The van der Waals surface area contributed by atoms with Gasteiger partial charge in [-0.15, -0.1) is 0 Å². The van der Waals surface area contributed by atoms with Crippen molar-refractivity contribution in [3.8, 4) is 57.4 Å². The molecule has 8 heteroatoms. The molecule has 0 radical (unpaired) electrons. The lowest BCUT2D eigenvalue weighted by molar-refractivity contribution is 0.414. The summed E-state index contributed by atoms with van der Waals surface area (Å²) in [4.78, 5) is 6.69. The smallest absolute Gasteiger partial charge is 0.151 e. The van der Waals surface area contributed by atoms with Crippen molar-refractivity contribution in [2.45, 2.75) is 37.5 Å². The van der Waals surface area contributed by atoms with Gasteiger partial charge in [-0.25, -0.2) is 0 Å². The molecule has 2 aliphatic heterocycles. The van der Waals surface area contributed by atoms with Crippen LogP contribution in [0.4, 0.5) is 34.1 Å². The van der Waals surface area contributed by atoms with Crippen LogP contribution < -0.4 is 24.0 Å². The first-order valence-electron chi connectivity index (χ1n) is 18.9. The van der Waals surface area contributed by atoms with Crippen LogP contribution >= 0.6 is 11.8 Å². The summed E-state index contributed by atoms with van der Waals surface area (Å²) in [6.45, 7) is 8.20. The third kappa shape index (κ3) is 5.98. The summed E-state index contributed by atoms with van der Waals surface area (Å²) in [5, 5.41) is 20.7. The number of methoxy groups -OCH3 is 2. The Balaban J connectivity index is 1.47. The Morgan fingerprint density at radius 3 is 1.36 bits per heavy atom. The van der Waals surface area contributed by atoms with Crippen LogP contribution in [0.25, 0.3) is 22.3 Å². The number of hydrogen-bond donors (Lipinski definition) is 0. The summed E-state index contributed by atoms with van der Waals surface area (Å²) in [6, 6.07) is 46.0. The molecule has 0 saturated heterocycles. The molecule has 0 atom stereocenters. The Kier molecular flexibility index (Phi) is 9.08. The first kappa shape index (κ1) is 36.5. The van der Waals surface area contributed by atoms with Crippen LogP contribution in [0.3, 0.4) is 0 Å². The molecule has 2 heterocycles. The minimum absolute atomic E-state index is 0.596. The fourth-order valence-corrected chi connectivity index (χ4v) is 9.06. The van der Waals surface area contributed by atoms with Gasteiger partial charge in [-0.2, -0.15) is 10.5 Å². The minimum atomic E-state index is 0.596.